The number of amides is 1. The van der Waals surface area contributed by atoms with Crippen LogP contribution in [0.15, 0.2) is 71.7 Å². The van der Waals surface area contributed by atoms with E-state index < -0.39 is 24.4 Å². The molecule has 208 valence electrons. The van der Waals surface area contributed by atoms with Gasteiger partial charge < -0.3 is 15.7 Å². The Balaban J connectivity index is 0.000000532. The molecule has 2 aromatic carbocycles. The Kier molecular flexibility index (Phi) is 9.23. The van der Waals surface area contributed by atoms with Crippen molar-refractivity contribution < 1.29 is 36.6 Å². The van der Waals surface area contributed by atoms with Gasteiger partial charge in [-0.1, -0.05) is 31.2 Å². The van der Waals surface area contributed by atoms with Gasteiger partial charge in [-0.05, 0) is 53.4 Å². The van der Waals surface area contributed by atoms with Crippen LogP contribution in [0.2, 0.25) is 0 Å². The Morgan fingerprint density at radius 3 is 2.08 bits per heavy atom. The molecule has 0 aliphatic carbocycles. The van der Waals surface area contributed by atoms with Crippen LogP contribution in [-0.2, 0) is 9.59 Å². The fourth-order valence-corrected chi connectivity index (χ4v) is 3.99. The number of carbonyl (C=O) groups is 2. The van der Waals surface area contributed by atoms with Gasteiger partial charge in [0.2, 0.25) is 5.91 Å². The van der Waals surface area contributed by atoms with Crippen LogP contribution >= 0.6 is 0 Å². The smallest absolute Gasteiger partial charge is 0.475 e. The van der Waals surface area contributed by atoms with E-state index in [2.05, 4.69) is 0 Å². The minimum Gasteiger partial charge on any atom is -0.475 e. The van der Waals surface area contributed by atoms with Crippen molar-refractivity contribution in [2.24, 2.45) is 5.73 Å². The van der Waals surface area contributed by atoms with E-state index in [1.54, 1.807) is 24.4 Å². The molecule has 0 spiro atoms. The Hall–Kier alpha value is -4.06. The molecule has 0 saturated carbocycles. The summed E-state index contributed by atoms with van der Waals surface area (Å²) in [5.41, 5.74) is 9.16. The van der Waals surface area contributed by atoms with E-state index in [0.717, 1.165) is 16.7 Å². The Morgan fingerprint density at radius 1 is 1.00 bits per heavy atom. The normalized spacial score (nSPS) is 16.7. The number of hydrogen-bond donors (Lipinski definition) is 2. The second kappa shape index (κ2) is 12.2. The molecule has 2 heterocycles. The van der Waals surface area contributed by atoms with Crippen LogP contribution in [0.1, 0.15) is 24.8 Å². The Labute approximate surface area is 220 Å². The summed E-state index contributed by atoms with van der Waals surface area (Å²) in [5, 5.41) is 7.12. The lowest BCUT2D eigenvalue weighted by atomic mass is 9.91. The van der Waals surface area contributed by atoms with Gasteiger partial charge in [-0.15, -0.1) is 0 Å². The highest BCUT2D eigenvalue weighted by atomic mass is 19.4. The zero-order chi connectivity index (χ0) is 28.9. The number of aliphatic carboxylic acids is 1. The van der Waals surface area contributed by atoms with Gasteiger partial charge in [0.05, 0.1) is 12.6 Å². The maximum Gasteiger partial charge on any atom is 0.490 e. The number of aromatic nitrogens is 1. The minimum atomic E-state index is -5.08. The maximum absolute atomic E-state index is 13.4. The number of benzene rings is 2. The van der Waals surface area contributed by atoms with Gasteiger partial charge in [-0.2, -0.15) is 13.2 Å². The van der Waals surface area contributed by atoms with E-state index in [9.17, 15) is 31.5 Å². The molecule has 4 rings (SSSR count). The fraction of sp³-hybridized carbons (Fsp3) is 0.296. The van der Waals surface area contributed by atoms with Crippen LogP contribution in [0, 0.1) is 5.82 Å². The maximum atomic E-state index is 13.4. The van der Waals surface area contributed by atoms with Crippen LogP contribution in [0.3, 0.4) is 0 Å². The summed E-state index contributed by atoms with van der Waals surface area (Å²) >= 11 is 0. The van der Waals surface area contributed by atoms with Gasteiger partial charge in [0.15, 0.2) is 0 Å². The lowest BCUT2D eigenvalue weighted by molar-refractivity contribution is -0.192. The van der Waals surface area contributed by atoms with Gasteiger partial charge in [-0.3, -0.25) is 14.2 Å². The van der Waals surface area contributed by atoms with Crippen molar-refractivity contribution in [2.75, 3.05) is 13.1 Å². The summed E-state index contributed by atoms with van der Waals surface area (Å²) in [6, 6.07) is 15.8. The Bertz CT molecular complexity index is 1360. The van der Waals surface area contributed by atoms with Gasteiger partial charge in [0, 0.05) is 30.4 Å². The lowest BCUT2D eigenvalue weighted by Gasteiger charge is -2.25. The highest BCUT2D eigenvalue weighted by Gasteiger charge is 2.38. The van der Waals surface area contributed by atoms with Crippen LogP contribution in [0.5, 0.6) is 0 Å². The summed E-state index contributed by atoms with van der Waals surface area (Å²) in [5.74, 6) is -3.59. The zero-order valence-corrected chi connectivity index (χ0v) is 20.7. The van der Waals surface area contributed by atoms with E-state index in [1.165, 1.54) is 27.7 Å². The van der Waals surface area contributed by atoms with Gasteiger partial charge in [-0.25, -0.2) is 13.6 Å². The molecule has 7 nitrogen and oxygen atoms in total. The number of carbonyl (C=O) groups excluding carboxylic acids is 1. The summed E-state index contributed by atoms with van der Waals surface area (Å²) in [7, 11) is 0. The van der Waals surface area contributed by atoms with Gasteiger partial charge in [0.25, 0.3) is 5.56 Å². The molecular weight excluding hydrogens is 525 g/mol. The van der Waals surface area contributed by atoms with Crippen molar-refractivity contribution >= 4 is 11.9 Å². The molecule has 0 bridgehead atoms. The van der Waals surface area contributed by atoms with E-state index >= 15 is 0 Å². The minimum absolute atomic E-state index is 0.113. The fourth-order valence-electron chi connectivity index (χ4n) is 3.99. The second-order valence-corrected chi connectivity index (χ2v) is 9.01. The third-order valence-electron chi connectivity index (χ3n) is 6.29. The van der Waals surface area contributed by atoms with Crippen LogP contribution in [0.4, 0.5) is 22.0 Å². The first kappa shape index (κ1) is 29.5. The molecule has 3 atom stereocenters. The second-order valence-electron chi connectivity index (χ2n) is 9.01. The summed E-state index contributed by atoms with van der Waals surface area (Å²) < 4.78 is 59.9. The van der Waals surface area contributed by atoms with E-state index in [-0.39, 0.29) is 29.7 Å². The van der Waals surface area contributed by atoms with Crippen LogP contribution in [0.25, 0.3) is 16.8 Å². The molecule has 1 aromatic heterocycles. The van der Waals surface area contributed by atoms with Crippen molar-refractivity contribution in [1.29, 1.82) is 0 Å². The Morgan fingerprint density at radius 2 is 1.56 bits per heavy atom. The lowest BCUT2D eigenvalue weighted by Crippen LogP contribution is -2.45. The largest absolute Gasteiger partial charge is 0.490 e. The van der Waals surface area contributed by atoms with Crippen molar-refractivity contribution in [3.8, 4) is 16.8 Å². The van der Waals surface area contributed by atoms with Crippen LogP contribution in [-0.4, -0.2) is 57.9 Å². The quantitative estimate of drug-likeness (QED) is 0.461. The number of alkyl halides is 4. The molecule has 0 radical (unpaired) electrons. The number of carboxylic acids is 1. The number of hydrogen-bond acceptors (Lipinski definition) is 4. The number of pyridine rings is 1. The average Bonchev–Trinajstić information content (AvgIpc) is 3.34. The first-order valence-corrected chi connectivity index (χ1v) is 11.9. The molecule has 12 heteroatoms. The van der Waals surface area contributed by atoms with Crippen molar-refractivity contribution in [3.05, 3.63) is 88.6 Å². The molecule has 1 amide bonds. The monoisotopic (exact) mass is 551 g/mol. The number of likely N-dealkylation sites (tertiary alicyclic amines) is 1. The molecule has 39 heavy (non-hydrogen) atoms. The van der Waals surface area contributed by atoms with Crippen molar-refractivity contribution in [2.45, 2.75) is 37.7 Å². The first-order chi connectivity index (χ1) is 18.3. The highest BCUT2D eigenvalue weighted by molar-refractivity contribution is 5.83. The molecule has 1 saturated heterocycles. The van der Waals surface area contributed by atoms with Crippen molar-refractivity contribution in [3.63, 3.8) is 0 Å². The third kappa shape index (κ3) is 7.50. The summed E-state index contributed by atoms with van der Waals surface area (Å²) in [6.45, 7) is 2.40. The van der Waals surface area contributed by atoms with E-state index in [1.807, 2.05) is 31.2 Å². The van der Waals surface area contributed by atoms with E-state index in [4.69, 9.17) is 15.6 Å². The number of nitrogens with zero attached hydrogens (tertiary/aromatic N) is 2. The van der Waals surface area contributed by atoms with Gasteiger partial charge in [0.1, 0.15) is 12.0 Å². The van der Waals surface area contributed by atoms with Gasteiger partial charge >= 0.3 is 12.1 Å². The highest BCUT2D eigenvalue weighted by Crippen LogP contribution is 2.26. The molecule has 1 fully saturated rings. The van der Waals surface area contributed by atoms with E-state index in [0.29, 0.717) is 18.7 Å². The predicted molar refractivity (Wildman–Crippen MR) is 134 cm³/mol. The number of nitrogens with two attached hydrogens (primary N) is 1. The number of carboxylic acid groups (broad SMARTS) is 1. The molecule has 0 unspecified atom stereocenters. The average molecular weight is 552 g/mol. The third-order valence-corrected chi connectivity index (χ3v) is 6.29. The zero-order valence-electron chi connectivity index (χ0n) is 20.7. The molecular formula is C27H26F5N3O4. The summed E-state index contributed by atoms with van der Waals surface area (Å²) in [6.07, 6.45) is -3.98. The molecule has 3 N–H and O–H groups in total. The predicted octanol–water partition coefficient (Wildman–Crippen LogP) is 4.28. The topological polar surface area (TPSA) is 106 Å². The summed E-state index contributed by atoms with van der Waals surface area (Å²) in [4.78, 5) is 35.3. The van der Waals surface area contributed by atoms with Crippen LogP contribution < -0.4 is 11.3 Å². The van der Waals surface area contributed by atoms with Crippen molar-refractivity contribution in [1.82, 2.24) is 9.47 Å². The first-order valence-electron chi connectivity index (χ1n) is 11.9. The number of rotatable bonds is 5. The SMILES string of the molecule is C[C@@H](c1ccc(-c2ccc(=O)n(-c3ccc(F)cc3)c2)cc1)[C@H](N)C(=O)N1CC[C@H](F)C1.O=C(O)C(F)(F)F. The standard InChI is InChI=1S/C25H25F2N3O2.C2HF3O2/c1-16(24(28)25(32)29-13-12-21(27)15-29)17-2-4-18(5-3-17)19-6-11-23(31)30(14-19)22-9-7-20(26)8-10-22;3-2(4,5)1(6)7/h2-11,14,16,21,24H,12-13,15,28H2,1H3;(H,6,7)/t16-,21-,24-;/m0./s1. The number of halogens is 5. The molecule has 3 aromatic rings. The molecule has 1 aliphatic heterocycles. The molecule has 1 aliphatic rings.